The molecule has 2 amide bonds. The molecule has 2 atom stereocenters. The van der Waals surface area contributed by atoms with Gasteiger partial charge in [-0.3, -0.25) is 19.5 Å². The third-order valence-electron chi connectivity index (χ3n) is 4.61. The van der Waals surface area contributed by atoms with Crippen LogP contribution in [0, 0.1) is 5.92 Å². The van der Waals surface area contributed by atoms with Crippen molar-refractivity contribution in [1.82, 2.24) is 20.2 Å². The summed E-state index contributed by atoms with van der Waals surface area (Å²) in [5.41, 5.74) is 0. The lowest BCUT2D eigenvalue weighted by atomic mass is 10.1. The van der Waals surface area contributed by atoms with E-state index in [-0.39, 0.29) is 35.4 Å². The van der Waals surface area contributed by atoms with Gasteiger partial charge in [0.05, 0.1) is 24.7 Å². The number of thiophene rings is 1. The second kappa shape index (κ2) is 10.1. The van der Waals surface area contributed by atoms with Crippen LogP contribution >= 0.6 is 11.3 Å². The van der Waals surface area contributed by atoms with Gasteiger partial charge in [-0.05, 0) is 32.0 Å². The third kappa shape index (κ3) is 7.17. The maximum Gasteiger partial charge on any atom is 0.422 e. The van der Waals surface area contributed by atoms with E-state index in [0.29, 0.717) is 30.2 Å². The van der Waals surface area contributed by atoms with Crippen LogP contribution in [-0.2, 0) is 9.59 Å². The van der Waals surface area contributed by atoms with Gasteiger partial charge in [0.2, 0.25) is 11.8 Å². The maximum absolute atomic E-state index is 12.6. The first kappa shape index (κ1) is 22.9. The summed E-state index contributed by atoms with van der Waals surface area (Å²) in [4.78, 5) is 35.1. The molecule has 8 nitrogen and oxygen atoms in total. The molecular weight excluding hydrogens is 435 g/mol. The molecule has 1 saturated heterocycles. The van der Waals surface area contributed by atoms with Gasteiger partial charge in [-0.15, -0.1) is 11.3 Å². The Labute approximate surface area is 180 Å². The van der Waals surface area contributed by atoms with Crippen molar-refractivity contribution in [3.05, 3.63) is 35.6 Å². The Balaban J connectivity index is 1.43. The number of likely N-dealkylation sites (tertiary alicyclic amines) is 1. The number of ether oxygens (including phenoxy) is 1. The lowest BCUT2D eigenvalue weighted by Gasteiger charge is -2.17. The van der Waals surface area contributed by atoms with E-state index in [0.717, 1.165) is 11.3 Å². The van der Waals surface area contributed by atoms with Crippen molar-refractivity contribution >= 4 is 29.0 Å². The highest BCUT2D eigenvalue weighted by Crippen LogP contribution is 2.31. The van der Waals surface area contributed by atoms with E-state index in [4.69, 9.17) is 4.74 Å². The molecule has 168 valence electrons. The first-order valence-electron chi connectivity index (χ1n) is 9.57. The van der Waals surface area contributed by atoms with Crippen LogP contribution in [-0.4, -0.2) is 59.1 Å². The number of amides is 2. The first-order valence-corrected chi connectivity index (χ1v) is 10.4. The van der Waals surface area contributed by atoms with Gasteiger partial charge in [0.15, 0.2) is 17.5 Å². The second-order valence-corrected chi connectivity index (χ2v) is 8.23. The van der Waals surface area contributed by atoms with Gasteiger partial charge in [0.25, 0.3) is 0 Å². The minimum atomic E-state index is -4.40. The number of aromatic nitrogens is 2. The zero-order chi connectivity index (χ0) is 22.4. The minimum Gasteiger partial charge on any atom is -0.475 e. The Hall–Kier alpha value is -2.73. The lowest BCUT2D eigenvalue weighted by Crippen LogP contribution is -2.36. The monoisotopic (exact) mass is 457 g/mol. The molecule has 0 aromatic carbocycles. The summed E-state index contributed by atoms with van der Waals surface area (Å²) in [6.45, 7) is 1.60. The number of nitrogens with one attached hydrogen (secondary N) is 2. The van der Waals surface area contributed by atoms with Crippen LogP contribution in [0.5, 0.6) is 5.06 Å². The van der Waals surface area contributed by atoms with E-state index in [9.17, 15) is 22.8 Å². The van der Waals surface area contributed by atoms with Crippen molar-refractivity contribution in [2.24, 2.45) is 5.92 Å². The highest BCUT2D eigenvalue weighted by molar-refractivity contribution is 7.13. The van der Waals surface area contributed by atoms with E-state index in [1.54, 1.807) is 13.0 Å². The smallest absolute Gasteiger partial charge is 0.422 e. The average Bonchev–Trinajstić information content (AvgIpc) is 3.36. The van der Waals surface area contributed by atoms with E-state index in [2.05, 4.69) is 20.6 Å². The van der Waals surface area contributed by atoms with Gasteiger partial charge >= 0.3 is 6.18 Å². The van der Waals surface area contributed by atoms with Crippen LogP contribution in [0.2, 0.25) is 0 Å². The predicted octanol–water partition coefficient (Wildman–Crippen LogP) is 2.62. The quantitative estimate of drug-likeness (QED) is 0.633. The van der Waals surface area contributed by atoms with Crippen LogP contribution in [0.15, 0.2) is 30.7 Å². The summed E-state index contributed by atoms with van der Waals surface area (Å²) in [7, 11) is 0. The number of hydrogen-bond donors (Lipinski definition) is 2. The van der Waals surface area contributed by atoms with Crippen LogP contribution in [0.1, 0.15) is 24.3 Å². The normalized spacial score (nSPS) is 17.9. The highest BCUT2D eigenvalue weighted by Gasteiger charge is 2.31. The second-order valence-electron chi connectivity index (χ2n) is 7.15. The standard InChI is InChI=1S/C19H22F3N5O3S/c1-12(14-2-3-17(31-14)30-11-19(20,21)22)25-18(29)13-4-7-27(9-13)10-16(28)26-15-8-23-5-6-24-15/h2-3,5-6,8,12-13H,4,7,9-11H2,1H3,(H,25,29)(H,24,26,28). The van der Waals surface area contributed by atoms with E-state index in [1.165, 1.54) is 24.7 Å². The van der Waals surface area contributed by atoms with Crippen LogP contribution < -0.4 is 15.4 Å². The number of hydrogen-bond acceptors (Lipinski definition) is 7. The first-order chi connectivity index (χ1) is 14.7. The molecule has 2 N–H and O–H groups in total. The molecule has 31 heavy (non-hydrogen) atoms. The van der Waals surface area contributed by atoms with Gasteiger partial charge in [-0.25, -0.2) is 4.98 Å². The zero-order valence-corrected chi connectivity index (χ0v) is 17.5. The fraction of sp³-hybridized carbons (Fsp3) is 0.474. The molecule has 0 bridgehead atoms. The fourth-order valence-electron chi connectivity index (χ4n) is 3.14. The van der Waals surface area contributed by atoms with E-state index in [1.807, 2.05) is 4.90 Å². The lowest BCUT2D eigenvalue weighted by molar-refractivity contribution is -0.152. The summed E-state index contributed by atoms with van der Waals surface area (Å²) in [5.74, 6) is -0.299. The Bertz CT molecular complexity index is 893. The largest absolute Gasteiger partial charge is 0.475 e. The number of rotatable bonds is 8. The van der Waals surface area contributed by atoms with Gasteiger partial charge < -0.3 is 15.4 Å². The van der Waals surface area contributed by atoms with Gasteiger partial charge in [0.1, 0.15) is 0 Å². The predicted molar refractivity (Wildman–Crippen MR) is 108 cm³/mol. The van der Waals surface area contributed by atoms with Crippen LogP contribution in [0.4, 0.5) is 19.0 Å². The molecular formula is C19H22F3N5O3S. The Morgan fingerprint density at radius 3 is 2.87 bits per heavy atom. The number of nitrogens with zero attached hydrogens (tertiary/aromatic N) is 3. The van der Waals surface area contributed by atoms with Crippen molar-refractivity contribution in [2.45, 2.75) is 25.6 Å². The molecule has 2 aromatic heterocycles. The summed E-state index contributed by atoms with van der Waals surface area (Å²) in [6.07, 6.45) is 0.646. The zero-order valence-electron chi connectivity index (χ0n) is 16.7. The Morgan fingerprint density at radius 2 is 2.16 bits per heavy atom. The molecule has 0 saturated carbocycles. The number of halogens is 3. The van der Waals surface area contributed by atoms with Crippen molar-refractivity contribution in [1.29, 1.82) is 0 Å². The molecule has 0 aliphatic carbocycles. The van der Waals surface area contributed by atoms with Gasteiger partial charge in [-0.1, -0.05) is 0 Å². The molecule has 0 radical (unpaired) electrons. The summed E-state index contributed by atoms with van der Waals surface area (Å²) in [6, 6.07) is 2.73. The summed E-state index contributed by atoms with van der Waals surface area (Å²) < 4.78 is 41.5. The number of alkyl halides is 3. The molecule has 12 heteroatoms. The van der Waals surface area contributed by atoms with Crippen molar-refractivity contribution in [3.8, 4) is 5.06 Å². The number of carbonyl (C=O) groups is 2. The van der Waals surface area contributed by atoms with Crippen LogP contribution in [0.25, 0.3) is 0 Å². The molecule has 2 aromatic rings. The Kier molecular flexibility index (Phi) is 7.44. The molecule has 1 fully saturated rings. The number of carbonyl (C=O) groups excluding carboxylic acids is 2. The van der Waals surface area contributed by atoms with Crippen molar-refractivity contribution < 1.29 is 27.5 Å². The van der Waals surface area contributed by atoms with Crippen LogP contribution in [0.3, 0.4) is 0 Å². The molecule has 3 heterocycles. The minimum absolute atomic E-state index is 0.140. The van der Waals surface area contributed by atoms with E-state index >= 15 is 0 Å². The Morgan fingerprint density at radius 1 is 1.35 bits per heavy atom. The average molecular weight is 457 g/mol. The fourth-order valence-corrected chi connectivity index (χ4v) is 4.00. The number of anilines is 1. The summed E-state index contributed by atoms with van der Waals surface area (Å²) in [5, 5.41) is 5.69. The van der Waals surface area contributed by atoms with Crippen molar-refractivity contribution in [2.75, 3.05) is 31.6 Å². The third-order valence-corrected chi connectivity index (χ3v) is 5.79. The molecule has 3 rings (SSSR count). The maximum atomic E-state index is 12.6. The molecule has 2 unspecified atom stereocenters. The molecule has 1 aliphatic heterocycles. The van der Waals surface area contributed by atoms with Gasteiger partial charge in [-0.2, -0.15) is 13.2 Å². The van der Waals surface area contributed by atoms with Gasteiger partial charge in [0, 0.05) is 23.8 Å². The highest BCUT2D eigenvalue weighted by atomic mass is 32.1. The SMILES string of the molecule is CC(NC(=O)C1CCN(CC(=O)Nc2cnccn2)C1)c1ccc(OCC(F)(F)F)s1. The molecule has 1 aliphatic rings. The topological polar surface area (TPSA) is 96.5 Å². The summed E-state index contributed by atoms with van der Waals surface area (Å²) >= 11 is 1.06. The molecule has 0 spiro atoms. The van der Waals surface area contributed by atoms with Crippen molar-refractivity contribution in [3.63, 3.8) is 0 Å². The van der Waals surface area contributed by atoms with E-state index < -0.39 is 12.8 Å².